The maximum Gasteiger partial charge on any atom is 0.251 e. The Labute approximate surface area is 134 Å². The fourth-order valence-corrected chi connectivity index (χ4v) is 2.46. The van der Waals surface area contributed by atoms with Gasteiger partial charge in [-0.2, -0.15) is 0 Å². The molecule has 1 amide bonds. The molecule has 0 bridgehead atoms. The van der Waals surface area contributed by atoms with Gasteiger partial charge in [-0.15, -0.1) is 5.10 Å². The van der Waals surface area contributed by atoms with Crippen molar-refractivity contribution in [2.75, 3.05) is 39.4 Å². The quantitative estimate of drug-likeness (QED) is 0.793. The molecule has 8 nitrogen and oxygen atoms in total. The summed E-state index contributed by atoms with van der Waals surface area (Å²) in [5, 5.41) is 14.0. The molecule has 1 aliphatic heterocycles. The smallest absolute Gasteiger partial charge is 0.251 e. The van der Waals surface area contributed by atoms with Crippen LogP contribution in [0.1, 0.15) is 15.9 Å². The van der Waals surface area contributed by atoms with E-state index in [1.165, 1.54) is 0 Å². The van der Waals surface area contributed by atoms with Gasteiger partial charge in [0.25, 0.3) is 5.91 Å². The van der Waals surface area contributed by atoms with Crippen molar-refractivity contribution in [3.8, 4) is 0 Å². The average molecular weight is 316 g/mol. The largest absolute Gasteiger partial charge is 0.379 e. The number of amides is 1. The standard InChI is InChI=1S/C15H20N6O2/c22-15(16-5-6-20-7-9-23-10-8-20)14-3-1-13(2-4-14)11-21-12-17-18-19-21/h1-4,12H,5-11H2,(H,16,22). The van der Waals surface area contributed by atoms with E-state index >= 15 is 0 Å². The lowest BCUT2D eigenvalue weighted by Crippen LogP contribution is -2.41. The van der Waals surface area contributed by atoms with Gasteiger partial charge in [0.15, 0.2) is 0 Å². The Bertz CT molecular complexity index is 607. The van der Waals surface area contributed by atoms with Crippen LogP contribution in [0.2, 0.25) is 0 Å². The minimum Gasteiger partial charge on any atom is -0.379 e. The Kier molecular flexibility index (Phi) is 5.28. The van der Waals surface area contributed by atoms with Crippen LogP contribution in [0.4, 0.5) is 0 Å². The summed E-state index contributed by atoms with van der Waals surface area (Å²) >= 11 is 0. The Morgan fingerprint density at radius 1 is 1.22 bits per heavy atom. The number of hydrogen-bond donors (Lipinski definition) is 1. The molecule has 1 fully saturated rings. The topological polar surface area (TPSA) is 85.2 Å². The van der Waals surface area contributed by atoms with Gasteiger partial charge in [0, 0.05) is 31.7 Å². The van der Waals surface area contributed by atoms with Crippen LogP contribution >= 0.6 is 0 Å². The Morgan fingerprint density at radius 3 is 2.70 bits per heavy atom. The first-order valence-corrected chi connectivity index (χ1v) is 7.69. The van der Waals surface area contributed by atoms with Crippen molar-refractivity contribution >= 4 is 5.91 Å². The fourth-order valence-electron chi connectivity index (χ4n) is 2.46. The second kappa shape index (κ2) is 7.80. The van der Waals surface area contributed by atoms with E-state index in [-0.39, 0.29) is 5.91 Å². The first kappa shape index (κ1) is 15.6. The maximum absolute atomic E-state index is 12.1. The van der Waals surface area contributed by atoms with Crippen LogP contribution in [0.5, 0.6) is 0 Å². The summed E-state index contributed by atoms with van der Waals surface area (Å²) < 4.78 is 6.94. The summed E-state index contributed by atoms with van der Waals surface area (Å²) in [6, 6.07) is 7.48. The lowest BCUT2D eigenvalue weighted by atomic mass is 10.1. The predicted octanol–water partition coefficient (Wildman–Crippen LogP) is -0.217. The third-order valence-corrected chi connectivity index (χ3v) is 3.77. The average Bonchev–Trinajstić information content (AvgIpc) is 3.09. The number of tetrazole rings is 1. The van der Waals surface area contributed by atoms with Crippen molar-refractivity contribution in [3.63, 3.8) is 0 Å². The van der Waals surface area contributed by atoms with Crippen LogP contribution < -0.4 is 5.32 Å². The van der Waals surface area contributed by atoms with Crippen molar-refractivity contribution in [3.05, 3.63) is 41.7 Å². The molecule has 122 valence electrons. The molecule has 23 heavy (non-hydrogen) atoms. The monoisotopic (exact) mass is 316 g/mol. The van der Waals surface area contributed by atoms with Crippen molar-refractivity contribution in [2.45, 2.75) is 6.54 Å². The first-order chi connectivity index (χ1) is 11.3. The van der Waals surface area contributed by atoms with Crippen LogP contribution in [0, 0.1) is 0 Å². The second-order valence-corrected chi connectivity index (χ2v) is 5.41. The van der Waals surface area contributed by atoms with Crippen molar-refractivity contribution in [2.24, 2.45) is 0 Å². The number of nitrogens with zero attached hydrogens (tertiary/aromatic N) is 5. The summed E-state index contributed by atoms with van der Waals surface area (Å²) in [5.41, 5.74) is 1.70. The van der Waals surface area contributed by atoms with E-state index in [0.717, 1.165) is 38.4 Å². The highest BCUT2D eigenvalue weighted by Gasteiger charge is 2.11. The van der Waals surface area contributed by atoms with E-state index in [4.69, 9.17) is 4.74 Å². The van der Waals surface area contributed by atoms with Gasteiger partial charge in [-0.1, -0.05) is 12.1 Å². The number of ether oxygens (including phenoxy) is 1. The zero-order valence-electron chi connectivity index (χ0n) is 12.9. The fraction of sp³-hybridized carbons (Fsp3) is 0.467. The van der Waals surface area contributed by atoms with E-state index in [0.29, 0.717) is 18.7 Å². The molecule has 1 saturated heterocycles. The highest BCUT2D eigenvalue weighted by atomic mass is 16.5. The van der Waals surface area contributed by atoms with Crippen LogP contribution in [-0.2, 0) is 11.3 Å². The van der Waals surface area contributed by atoms with Gasteiger partial charge in [-0.25, -0.2) is 4.68 Å². The van der Waals surface area contributed by atoms with E-state index in [2.05, 4.69) is 25.7 Å². The number of aromatic nitrogens is 4. The molecule has 1 aromatic carbocycles. The van der Waals surface area contributed by atoms with E-state index in [1.807, 2.05) is 24.3 Å². The summed E-state index contributed by atoms with van der Waals surface area (Å²) in [6.07, 6.45) is 1.56. The molecule has 0 radical (unpaired) electrons. The zero-order valence-corrected chi connectivity index (χ0v) is 12.9. The number of hydrogen-bond acceptors (Lipinski definition) is 6. The third-order valence-electron chi connectivity index (χ3n) is 3.77. The lowest BCUT2D eigenvalue weighted by Gasteiger charge is -2.26. The van der Waals surface area contributed by atoms with Gasteiger partial charge >= 0.3 is 0 Å². The van der Waals surface area contributed by atoms with Crippen molar-refractivity contribution < 1.29 is 9.53 Å². The number of carbonyl (C=O) groups excluding carboxylic acids is 1. The Balaban J connectivity index is 1.45. The Morgan fingerprint density at radius 2 is 2.00 bits per heavy atom. The normalized spacial score (nSPS) is 15.5. The molecule has 3 rings (SSSR count). The highest BCUT2D eigenvalue weighted by molar-refractivity contribution is 5.94. The number of rotatable bonds is 6. The van der Waals surface area contributed by atoms with E-state index in [1.54, 1.807) is 11.0 Å². The summed E-state index contributed by atoms with van der Waals surface area (Å²) in [7, 11) is 0. The van der Waals surface area contributed by atoms with Gasteiger partial charge < -0.3 is 10.1 Å². The highest BCUT2D eigenvalue weighted by Crippen LogP contribution is 2.06. The zero-order chi connectivity index (χ0) is 15.9. The van der Waals surface area contributed by atoms with Crippen LogP contribution in [-0.4, -0.2) is 70.4 Å². The van der Waals surface area contributed by atoms with E-state index in [9.17, 15) is 4.79 Å². The first-order valence-electron chi connectivity index (χ1n) is 7.69. The van der Waals surface area contributed by atoms with Gasteiger partial charge in [0.05, 0.1) is 19.8 Å². The molecule has 1 aliphatic rings. The maximum atomic E-state index is 12.1. The molecule has 8 heteroatoms. The molecule has 0 atom stereocenters. The molecular weight excluding hydrogens is 296 g/mol. The van der Waals surface area contributed by atoms with Crippen LogP contribution in [0.3, 0.4) is 0 Å². The van der Waals surface area contributed by atoms with Crippen molar-refractivity contribution in [1.82, 2.24) is 30.4 Å². The Hall–Kier alpha value is -2.32. The van der Waals surface area contributed by atoms with Crippen LogP contribution in [0.15, 0.2) is 30.6 Å². The summed E-state index contributed by atoms with van der Waals surface area (Å²) in [5.74, 6) is -0.0489. The van der Waals surface area contributed by atoms with E-state index < -0.39 is 0 Å². The summed E-state index contributed by atoms with van der Waals surface area (Å²) in [4.78, 5) is 14.4. The SMILES string of the molecule is O=C(NCCN1CCOCC1)c1ccc(Cn2cnnn2)cc1. The minimum absolute atomic E-state index is 0.0489. The van der Waals surface area contributed by atoms with Gasteiger partial charge in [-0.3, -0.25) is 9.69 Å². The number of nitrogens with one attached hydrogen (secondary N) is 1. The minimum atomic E-state index is -0.0489. The predicted molar refractivity (Wildman–Crippen MR) is 83.0 cm³/mol. The third kappa shape index (κ3) is 4.57. The van der Waals surface area contributed by atoms with Gasteiger partial charge in [-0.05, 0) is 28.1 Å². The molecule has 0 aliphatic carbocycles. The molecule has 2 heterocycles. The summed E-state index contributed by atoms with van der Waals surface area (Å²) in [6.45, 7) is 5.50. The number of carbonyl (C=O) groups is 1. The molecule has 0 saturated carbocycles. The molecule has 2 aromatic rings. The number of benzene rings is 1. The molecular formula is C15H20N6O2. The molecule has 1 N–H and O–H groups in total. The molecule has 1 aromatic heterocycles. The van der Waals surface area contributed by atoms with Gasteiger partial charge in [0.1, 0.15) is 6.33 Å². The second-order valence-electron chi connectivity index (χ2n) is 5.41. The van der Waals surface area contributed by atoms with Crippen molar-refractivity contribution in [1.29, 1.82) is 0 Å². The number of morpholine rings is 1. The lowest BCUT2D eigenvalue weighted by molar-refractivity contribution is 0.0383. The molecule has 0 unspecified atom stereocenters. The van der Waals surface area contributed by atoms with Crippen LogP contribution in [0.25, 0.3) is 0 Å². The van der Waals surface area contributed by atoms with Gasteiger partial charge in [0.2, 0.25) is 0 Å². The molecule has 0 spiro atoms.